The molecule has 0 aliphatic carbocycles. The summed E-state index contributed by atoms with van der Waals surface area (Å²) in [6, 6.07) is 0. The molecule has 0 spiro atoms. The molecule has 0 rings (SSSR count). The third kappa shape index (κ3) is 6.47. The number of hydrogen-bond acceptors (Lipinski definition) is 4. The van der Waals surface area contributed by atoms with Gasteiger partial charge in [-0.2, -0.15) is 0 Å². The second-order valence-electron chi connectivity index (χ2n) is 4.59. The van der Waals surface area contributed by atoms with Crippen LogP contribution in [0, 0.1) is 11.3 Å². The van der Waals surface area contributed by atoms with Gasteiger partial charge in [0, 0.05) is 0 Å². The van der Waals surface area contributed by atoms with Crippen LogP contribution in [0.4, 0.5) is 0 Å². The van der Waals surface area contributed by atoms with Gasteiger partial charge in [-0.25, -0.2) is 0 Å². The smallest absolute Gasteiger partial charge is 0.309 e. The van der Waals surface area contributed by atoms with Crippen molar-refractivity contribution < 1.29 is 19.4 Å². The number of esters is 1. The van der Waals surface area contributed by atoms with Crippen molar-refractivity contribution in [1.82, 2.24) is 0 Å². The molecule has 0 radical (unpaired) electrons. The maximum Gasteiger partial charge on any atom is 0.309 e. The summed E-state index contributed by atoms with van der Waals surface area (Å²) in [6.45, 7) is 8.72. The van der Waals surface area contributed by atoms with Gasteiger partial charge >= 0.3 is 5.97 Å². The topological polar surface area (TPSA) is 55.8 Å². The van der Waals surface area contributed by atoms with Crippen molar-refractivity contribution in [1.29, 1.82) is 0 Å². The third-order valence-electron chi connectivity index (χ3n) is 2.36. The van der Waals surface area contributed by atoms with Crippen molar-refractivity contribution in [2.24, 2.45) is 11.3 Å². The van der Waals surface area contributed by atoms with Crippen LogP contribution in [0.2, 0.25) is 0 Å². The molecule has 15 heavy (non-hydrogen) atoms. The Morgan fingerprint density at radius 2 is 1.87 bits per heavy atom. The number of rotatable bonds is 6. The zero-order chi connectivity index (χ0) is 11.9. The Labute approximate surface area is 91.6 Å². The summed E-state index contributed by atoms with van der Waals surface area (Å²) in [6.07, 6.45) is 0. The van der Waals surface area contributed by atoms with Crippen molar-refractivity contribution in [2.75, 3.05) is 26.4 Å². The predicted octanol–water partition coefficient (Wildman–Crippen LogP) is 1.22. The second kappa shape index (κ2) is 6.80. The van der Waals surface area contributed by atoms with Gasteiger partial charge < -0.3 is 14.6 Å². The molecule has 0 aliphatic rings. The predicted molar refractivity (Wildman–Crippen MR) is 57.5 cm³/mol. The van der Waals surface area contributed by atoms with E-state index < -0.39 is 0 Å². The summed E-state index contributed by atoms with van der Waals surface area (Å²) in [4.78, 5) is 11.5. The molecule has 0 bridgehead atoms. The van der Waals surface area contributed by atoms with Crippen LogP contribution in [0.5, 0.6) is 0 Å². The summed E-state index contributed by atoms with van der Waals surface area (Å²) in [7, 11) is 0. The summed E-state index contributed by atoms with van der Waals surface area (Å²) < 4.78 is 10.0. The van der Waals surface area contributed by atoms with Crippen molar-refractivity contribution in [3.05, 3.63) is 0 Å². The molecule has 0 amide bonds. The molecule has 1 N–H and O–H groups in total. The highest BCUT2D eigenvalue weighted by atomic mass is 16.6. The molecule has 0 aromatic heterocycles. The van der Waals surface area contributed by atoms with Crippen LogP contribution >= 0.6 is 0 Å². The van der Waals surface area contributed by atoms with Crippen LogP contribution in [0.1, 0.15) is 27.7 Å². The highest BCUT2D eigenvalue weighted by molar-refractivity contribution is 5.72. The largest absolute Gasteiger partial charge is 0.463 e. The molecule has 0 heterocycles. The fourth-order valence-electron chi connectivity index (χ4n) is 0.846. The lowest BCUT2D eigenvalue weighted by Gasteiger charge is -2.25. The lowest BCUT2D eigenvalue weighted by Crippen LogP contribution is -2.28. The fraction of sp³-hybridized carbons (Fsp3) is 0.909. The number of carbonyl (C=O) groups is 1. The molecule has 90 valence electrons. The Balaban J connectivity index is 3.66. The van der Waals surface area contributed by atoms with Gasteiger partial charge in [-0.15, -0.1) is 0 Å². The second-order valence-corrected chi connectivity index (χ2v) is 4.59. The lowest BCUT2D eigenvalue weighted by atomic mass is 9.82. The first-order chi connectivity index (χ1) is 6.89. The molecule has 1 unspecified atom stereocenters. The highest BCUT2D eigenvalue weighted by Gasteiger charge is 2.27. The molecule has 0 aromatic rings. The molecule has 4 heteroatoms. The first-order valence-electron chi connectivity index (χ1n) is 5.25. The summed E-state index contributed by atoms with van der Waals surface area (Å²) in [5, 5.41) is 8.44. The average Bonchev–Trinajstić information content (AvgIpc) is 2.14. The lowest BCUT2D eigenvalue weighted by molar-refractivity contribution is -0.153. The average molecular weight is 218 g/mol. The molecular weight excluding hydrogens is 196 g/mol. The Bertz CT molecular complexity index is 184. The van der Waals surface area contributed by atoms with Crippen molar-refractivity contribution in [3.63, 3.8) is 0 Å². The highest BCUT2D eigenvalue weighted by Crippen LogP contribution is 2.26. The van der Waals surface area contributed by atoms with Gasteiger partial charge in [0.25, 0.3) is 0 Å². The van der Waals surface area contributed by atoms with Gasteiger partial charge in [-0.05, 0) is 5.41 Å². The molecule has 0 aliphatic heterocycles. The van der Waals surface area contributed by atoms with Gasteiger partial charge in [0.1, 0.15) is 6.61 Å². The molecule has 4 nitrogen and oxygen atoms in total. The zero-order valence-electron chi connectivity index (χ0n) is 10.1. The molecule has 0 aromatic carbocycles. The van der Waals surface area contributed by atoms with Crippen LogP contribution < -0.4 is 0 Å². The van der Waals surface area contributed by atoms with Gasteiger partial charge in [0.15, 0.2) is 0 Å². The number of ether oxygens (including phenoxy) is 2. The van der Waals surface area contributed by atoms with E-state index >= 15 is 0 Å². The third-order valence-corrected chi connectivity index (χ3v) is 2.36. The Kier molecular flexibility index (Phi) is 6.52. The van der Waals surface area contributed by atoms with Crippen molar-refractivity contribution in [3.8, 4) is 0 Å². The summed E-state index contributed by atoms with van der Waals surface area (Å²) in [5.41, 5.74) is -0.0803. The van der Waals surface area contributed by atoms with E-state index in [0.29, 0.717) is 6.61 Å². The quantitative estimate of drug-likeness (QED) is 0.538. The molecule has 0 fully saturated rings. The first-order valence-corrected chi connectivity index (χ1v) is 5.25. The minimum absolute atomic E-state index is 0.00760. The monoisotopic (exact) mass is 218 g/mol. The van der Waals surface area contributed by atoms with Gasteiger partial charge in [-0.1, -0.05) is 27.7 Å². The number of hydrogen-bond donors (Lipinski definition) is 1. The Morgan fingerprint density at radius 3 is 2.33 bits per heavy atom. The summed E-state index contributed by atoms with van der Waals surface area (Å²) >= 11 is 0. The van der Waals surface area contributed by atoms with Crippen LogP contribution in [0.3, 0.4) is 0 Å². The summed E-state index contributed by atoms with van der Waals surface area (Å²) in [5.74, 6) is -0.328. The first kappa shape index (κ1) is 14.4. The Morgan fingerprint density at radius 1 is 1.27 bits per heavy atom. The van der Waals surface area contributed by atoms with E-state index in [-0.39, 0.29) is 37.1 Å². The van der Waals surface area contributed by atoms with Gasteiger partial charge in [-0.3, -0.25) is 4.79 Å². The van der Waals surface area contributed by atoms with E-state index in [1.54, 1.807) is 0 Å². The molecule has 0 saturated heterocycles. The maximum absolute atomic E-state index is 11.5. The van der Waals surface area contributed by atoms with E-state index in [1.165, 1.54) is 0 Å². The standard InChI is InChI=1S/C11H22O4/c1-9(11(2,3)4)10(13)15-8-7-14-6-5-12/h9,12H,5-8H2,1-4H3. The van der Waals surface area contributed by atoms with Gasteiger partial charge in [0.2, 0.25) is 0 Å². The number of aliphatic hydroxyl groups excluding tert-OH is 1. The van der Waals surface area contributed by atoms with E-state index in [0.717, 1.165) is 0 Å². The molecular formula is C11H22O4. The zero-order valence-corrected chi connectivity index (χ0v) is 10.1. The van der Waals surface area contributed by atoms with Crippen LogP contribution in [-0.4, -0.2) is 37.5 Å². The Hall–Kier alpha value is -0.610. The van der Waals surface area contributed by atoms with Crippen LogP contribution in [-0.2, 0) is 14.3 Å². The normalized spacial score (nSPS) is 13.7. The van der Waals surface area contributed by atoms with Crippen LogP contribution in [0.25, 0.3) is 0 Å². The SMILES string of the molecule is CC(C(=O)OCCOCCO)C(C)(C)C. The molecule has 0 saturated carbocycles. The van der Waals surface area contributed by atoms with Crippen molar-refractivity contribution in [2.45, 2.75) is 27.7 Å². The van der Waals surface area contributed by atoms with Gasteiger partial charge in [0.05, 0.1) is 25.7 Å². The van der Waals surface area contributed by atoms with E-state index in [9.17, 15) is 4.79 Å². The number of aliphatic hydroxyl groups is 1. The van der Waals surface area contributed by atoms with E-state index in [4.69, 9.17) is 14.6 Å². The molecule has 1 atom stereocenters. The van der Waals surface area contributed by atoms with Crippen molar-refractivity contribution >= 4 is 5.97 Å². The minimum Gasteiger partial charge on any atom is -0.463 e. The van der Waals surface area contributed by atoms with E-state index in [1.807, 2.05) is 27.7 Å². The van der Waals surface area contributed by atoms with E-state index in [2.05, 4.69) is 0 Å². The maximum atomic E-state index is 11.5. The number of carbonyl (C=O) groups excluding carboxylic acids is 1. The fourth-order valence-corrected chi connectivity index (χ4v) is 0.846. The minimum atomic E-state index is -0.199. The van der Waals surface area contributed by atoms with Crippen LogP contribution in [0.15, 0.2) is 0 Å².